The van der Waals surface area contributed by atoms with Crippen molar-refractivity contribution >= 4 is 6.09 Å². The van der Waals surface area contributed by atoms with E-state index in [0.29, 0.717) is 13.0 Å². The van der Waals surface area contributed by atoms with Gasteiger partial charge < -0.3 is 14.7 Å². The molecular weight excluding hydrogens is 266 g/mol. The summed E-state index contributed by atoms with van der Waals surface area (Å²) in [6, 6.07) is 9.64. The maximum atomic E-state index is 12.2. The van der Waals surface area contributed by atoms with E-state index >= 15 is 0 Å². The van der Waals surface area contributed by atoms with Crippen LogP contribution in [0, 0.1) is 0 Å². The summed E-state index contributed by atoms with van der Waals surface area (Å²) in [5.74, 6) is 0. The summed E-state index contributed by atoms with van der Waals surface area (Å²) in [6.45, 7) is 6.32. The van der Waals surface area contributed by atoms with Crippen LogP contribution in [0.3, 0.4) is 0 Å². The molecule has 1 saturated heterocycles. The molecule has 1 fully saturated rings. The van der Waals surface area contributed by atoms with Gasteiger partial charge in [0.1, 0.15) is 5.60 Å². The highest BCUT2D eigenvalue weighted by Gasteiger charge is 2.33. The number of carbonyl (C=O) groups excluding carboxylic acids is 1. The second-order valence-electron chi connectivity index (χ2n) is 6.63. The molecule has 0 aromatic heterocycles. The molecule has 1 aromatic carbocycles. The van der Waals surface area contributed by atoms with Crippen LogP contribution in [-0.2, 0) is 4.74 Å². The highest BCUT2D eigenvalue weighted by Crippen LogP contribution is 2.28. The van der Waals surface area contributed by atoms with Crippen LogP contribution in [0.4, 0.5) is 4.79 Å². The number of carbonyl (C=O) groups is 1. The highest BCUT2D eigenvalue weighted by atomic mass is 16.6. The average Bonchev–Trinajstić information content (AvgIpc) is 2.86. The van der Waals surface area contributed by atoms with Gasteiger partial charge in [-0.2, -0.15) is 0 Å². The molecule has 1 aliphatic rings. The molecule has 21 heavy (non-hydrogen) atoms. The molecule has 0 bridgehead atoms. The SMILES string of the molecule is CC(C)(C)OC(=O)N1CCC[C@H]1CC(O)c1ccccc1. The van der Waals surface area contributed by atoms with Gasteiger partial charge in [0.05, 0.1) is 6.10 Å². The van der Waals surface area contributed by atoms with Crippen molar-refractivity contribution in [1.29, 1.82) is 0 Å². The van der Waals surface area contributed by atoms with Crippen LogP contribution in [0.5, 0.6) is 0 Å². The van der Waals surface area contributed by atoms with Gasteiger partial charge in [-0.1, -0.05) is 30.3 Å². The fourth-order valence-corrected chi connectivity index (χ4v) is 2.71. The summed E-state index contributed by atoms with van der Waals surface area (Å²) in [4.78, 5) is 14.0. The van der Waals surface area contributed by atoms with E-state index < -0.39 is 11.7 Å². The summed E-state index contributed by atoms with van der Waals surface area (Å²) in [6.07, 6.45) is 1.63. The zero-order chi connectivity index (χ0) is 15.5. The largest absolute Gasteiger partial charge is 0.444 e. The first-order chi connectivity index (χ1) is 9.87. The van der Waals surface area contributed by atoms with E-state index in [1.165, 1.54) is 0 Å². The van der Waals surface area contributed by atoms with Crippen molar-refractivity contribution in [3.8, 4) is 0 Å². The maximum Gasteiger partial charge on any atom is 0.410 e. The Morgan fingerprint density at radius 2 is 2.05 bits per heavy atom. The van der Waals surface area contributed by atoms with Crippen LogP contribution in [0.2, 0.25) is 0 Å². The first-order valence-corrected chi connectivity index (χ1v) is 7.59. The number of aliphatic hydroxyl groups is 1. The first kappa shape index (κ1) is 15.8. The molecular formula is C17H25NO3. The summed E-state index contributed by atoms with van der Waals surface area (Å²) in [7, 11) is 0. The maximum absolute atomic E-state index is 12.2. The number of ether oxygens (including phenoxy) is 1. The number of hydrogen-bond donors (Lipinski definition) is 1. The molecule has 2 atom stereocenters. The number of likely N-dealkylation sites (tertiary alicyclic amines) is 1. The van der Waals surface area contributed by atoms with Crippen LogP contribution in [0.15, 0.2) is 30.3 Å². The number of hydrogen-bond acceptors (Lipinski definition) is 3. The summed E-state index contributed by atoms with van der Waals surface area (Å²) >= 11 is 0. The Labute approximate surface area is 126 Å². The fourth-order valence-electron chi connectivity index (χ4n) is 2.71. The molecule has 0 radical (unpaired) electrons. The minimum absolute atomic E-state index is 0.0510. The van der Waals surface area contributed by atoms with E-state index in [1.807, 2.05) is 51.1 Å². The van der Waals surface area contributed by atoms with Gasteiger partial charge >= 0.3 is 6.09 Å². The van der Waals surface area contributed by atoms with Gasteiger partial charge in [-0.05, 0) is 45.6 Å². The van der Waals surface area contributed by atoms with Crippen molar-refractivity contribution in [3.05, 3.63) is 35.9 Å². The lowest BCUT2D eigenvalue weighted by atomic mass is 10.0. The third-order valence-corrected chi connectivity index (χ3v) is 3.68. The average molecular weight is 291 g/mol. The van der Waals surface area contributed by atoms with E-state index in [1.54, 1.807) is 4.90 Å². The van der Waals surface area contributed by atoms with Crippen LogP contribution in [0.1, 0.15) is 51.7 Å². The van der Waals surface area contributed by atoms with E-state index in [2.05, 4.69) is 0 Å². The van der Waals surface area contributed by atoms with Gasteiger partial charge in [0.2, 0.25) is 0 Å². The molecule has 0 spiro atoms. The molecule has 116 valence electrons. The Balaban J connectivity index is 1.97. The van der Waals surface area contributed by atoms with Crippen molar-refractivity contribution < 1.29 is 14.6 Å². The quantitative estimate of drug-likeness (QED) is 0.927. The van der Waals surface area contributed by atoms with Crippen LogP contribution in [0.25, 0.3) is 0 Å². The Morgan fingerprint density at radius 3 is 2.67 bits per heavy atom. The number of rotatable bonds is 3. The third kappa shape index (κ3) is 4.46. The van der Waals surface area contributed by atoms with Crippen molar-refractivity contribution in [1.82, 2.24) is 4.90 Å². The molecule has 1 amide bonds. The van der Waals surface area contributed by atoms with Crippen molar-refractivity contribution in [2.24, 2.45) is 0 Å². The van der Waals surface area contributed by atoms with E-state index in [4.69, 9.17) is 4.74 Å². The lowest BCUT2D eigenvalue weighted by Gasteiger charge is -2.29. The first-order valence-electron chi connectivity index (χ1n) is 7.59. The lowest BCUT2D eigenvalue weighted by Crippen LogP contribution is -2.40. The number of amides is 1. The molecule has 0 saturated carbocycles. The zero-order valence-electron chi connectivity index (χ0n) is 13.1. The van der Waals surface area contributed by atoms with Gasteiger partial charge in [-0.25, -0.2) is 4.79 Å². The molecule has 4 heteroatoms. The van der Waals surface area contributed by atoms with Crippen LogP contribution >= 0.6 is 0 Å². The van der Waals surface area contributed by atoms with E-state index in [-0.39, 0.29) is 12.1 Å². The van der Waals surface area contributed by atoms with E-state index in [0.717, 1.165) is 18.4 Å². The predicted octanol–water partition coefficient (Wildman–Crippen LogP) is 3.51. The minimum Gasteiger partial charge on any atom is -0.444 e. The predicted molar refractivity (Wildman–Crippen MR) is 82.0 cm³/mol. The summed E-state index contributed by atoms with van der Waals surface area (Å²) < 4.78 is 5.44. The van der Waals surface area contributed by atoms with Crippen LogP contribution < -0.4 is 0 Å². The summed E-state index contributed by atoms with van der Waals surface area (Å²) in [5.41, 5.74) is 0.413. The second kappa shape index (κ2) is 6.48. The van der Waals surface area contributed by atoms with Crippen LogP contribution in [-0.4, -0.2) is 34.3 Å². The summed E-state index contributed by atoms with van der Waals surface area (Å²) in [5, 5.41) is 10.3. The zero-order valence-corrected chi connectivity index (χ0v) is 13.1. The Hall–Kier alpha value is -1.55. The number of benzene rings is 1. The molecule has 1 unspecified atom stereocenters. The van der Waals surface area contributed by atoms with Crippen molar-refractivity contribution in [3.63, 3.8) is 0 Å². The highest BCUT2D eigenvalue weighted by molar-refractivity contribution is 5.68. The normalized spacial score (nSPS) is 20.4. The Morgan fingerprint density at radius 1 is 1.38 bits per heavy atom. The van der Waals surface area contributed by atoms with Gasteiger partial charge in [0, 0.05) is 12.6 Å². The molecule has 1 heterocycles. The molecule has 2 rings (SSSR count). The van der Waals surface area contributed by atoms with Gasteiger partial charge in [0.15, 0.2) is 0 Å². The van der Waals surface area contributed by atoms with Crippen molar-refractivity contribution in [2.45, 2.75) is 57.8 Å². The van der Waals surface area contributed by atoms with Gasteiger partial charge in [0.25, 0.3) is 0 Å². The minimum atomic E-state index is -0.542. The number of nitrogens with zero attached hydrogens (tertiary/aromatic N) is 1. The molecule has 1 N–H and O–H groups in total. The molecule has 4 nitrogen and oxygen atoms in total. The molecule has 0 aliphatic carbocycles. The second-order valence-corrected chi connectivity index (χ2v) is 6.63. The standard InChI is InChI=1S/C17H25NO3/c1-17(2,3)21-16(20)18-11-7-10-14(18)12-15(19)13-8-5-4-6-9-13/h4-6,8-9,14-15,19H,7,10-12H2,1-3H3/t14-,15?/m0/s1. The molecule has 1 aliphatic heterocycles. The number of aliphatic hydroxyl groups excluding tert-OH is 1. The van der Waals surface area contributed by atoms with E-state index in [9.17, 15) is 9.90 Å². The van der Waals surface area contributed by atoms with Gasteiger partial charge in [-0.3, -0.25) is 0 Å². The molecule has 1 aromatic rings. The van der Waals surface area contributed by atoms with Gasteiger partial charge in [-0.15, -0.1) is 0 Å². The van der Waals surface area contributed by atoms with Crippen molar-refractivity contribution in [2.75, 3.05) is 6.54 Å². The third-order valence-electron chi connectivity index (χ3n) is 3.68. The fraction of sp³-hybridized carbons (Fsp3) is 0.588. The smallest absolute Gasteiger partial charge is 0.410 e. The monoisotopic (exact) mass is 291 g/mol. The lowest BCUT2D eigenvalue weighted by molar-refractivity contribution is 0.0178. The topological polar surface area (TPSA) is 49.8 Å². The Kier molecular flexibility index (Phi) is 4.88. The Bertz CT molecular complexity index is 467.